The minimum absolute atomic E-state index is 0.345. The second-order valence-electron chi connectivity index (χ2n) is 6.49. The molecule has 0 saturated heterocycles. The summed E-state index contributed by atoms with van der Waals surface area (Å²) in [6, 6.07) is 12.1. The molecule has 0 bridgehead atoms. The van der Waals surface area contributed by atoms with E-state index in [9.17, 15) is 9.35 Å². The van der Waals surface area contributed by atoms with Crippen LogP contribution in [0.15, 0.2) is 47.6 Å². The van der Waals surface area contributed by atoms with Gasteiger partial charge in [0.2, 0.25) is 0 Å². The van der Waals surface area contributed by atoms with Crippen molar-refractivity contribution in [1.29, 1.82) is 0 Å². The first-order chi connectivity index (χ1) is 13.4. The zero-order chi connectivity index (χ0) is 20.7. The third kappa shape index (κ3) is 5.80. The molecule has 2 rings (SSSR count). The molecular weight excluding hydrogens is 392 g/mol. The van der Waals surface area contributed by atoms with Crippen molar-refractivity contribution in [2.45, 2.75) is 30.2 Å². The number of hydrogen-bond donors (Lipinski definition) is 0. The molecule has 6 heteroatoms. The molecule has 4 nitrogen and oxygen atoms in total. The maximum Gasteiger partial charge on any atom is 0.341 e. The van der Waals surface area contributed by atoms with Gasteiger partial charge in [-0.2, -0.15) is 0 Å². The highest BCUT2D eigenvalue weighted by Gasteiger charge is 2.21. The van der Waals surface area contributed by atoms with Crippen molar-refractivity contribution < 1.29 is 18.8 Å². The molecule has 0 N–H and O–H groups in total. The Morgan fingerprint density at radius 1 is 1.18 bits per heavy atom. The minimum atomic E-state index is -1.00. The topological polar surface area (TPSA) is 58.6 Å². The number of aryl methyl sites for hydroxylation is 2. The standard InChI is InChI=1S/C22H26O4S2/c1-15-9-10-16(2)18(11-15)13-27-21-17(14-28(5)24)7-6-8-19(21)20(12-25-3)22(23)26-4/h6-12H,13-14H2,1-5H3/b20-12+. The quantitative estimate of drug-likeness (QED) is 0.206. The first kappa shape index (κ1) is 22.4. The Hall–Kier alpha value is -1.89. The first-order valence-corrected chi connectivity index (χ1v) is 11.5. The van der Waals surface area contributed by atoms with Crippen molar-refractivity contribution in [1.82, 2.24) is 0 Å². The van der Waals surface area contributed by atoms with Crippen LogP contribution in [0.4, 0.5) is 0 Å². The predicted octanol–water partition coefficient (Wildman–Crippen LogP) is 4.63. The zero-order valence-electron chi connectivity index (χ0n) is 16.9. The molecule has 0 aliphatic carbocycles. The van der Waals surface area contributed by atoms with E-state index in [0.29, 0.717) is 11.3 Å². The highest BCUT2D eigenvalue weighted by Crippen LogP contribution is 2.36. The second-order valence-corrected chi connectivity index (χ2v) is 8.91. The lowest BCUT2D eigenvalue weighted by Crippen LogP contribution is -2.08. The van der Waals surface area contributed by atoms with E-state index in [0.717, 1.165) is 21.8 Å². The molecule has 1 atom stereocenters. The summed E-state index contributed by atoms with van der Waals surface area (Å²) in [5.74, 6) is 0.699. The van der Waals surface area contributed by atoms with Crippen molar-refractivity contribution in [3.63, 3.8) is 0 Å². The molecule has 28 heavy (non-hydrogen) atoms. The van der Waals surface area contributed by atoms with Gasteiger partial charge in [-0.3, -0.25) is 0 Å². The Morgan fingerprint density at radius 3 is 2.57 bits per heavy atom. The van der Waals surface area contributed by atoms with E-state index in [1.807, 2.05) is 18.2 Å². The third-order valence-electron chi connectivity index (χ3n) is 4.26. The van der Waals surface area contributed by atoms with Gasteiger partial charge in [-0.15, -0.1) is 11.8 Å². The molecule has 0 aliphatic heterocycles. The van der Waals surface area contributed by atoms with E-state index in [1.54, 1.807) is 18.0 Å². The molecular formula is C22H26O4S2. The van der Waals surface area contributed by atoms with E-state index in [-0.39, 0.29) is 0 Å². The van der Waals surface area contributed by atoms with Gasteiger partial charge in [0.25, 0.3) is 0 Å². The summed E-state index contributed by atoms with van der Waals surface area (Å²) in [5.41, 5.74) is 5.68. The van der Waals surface area contributed by atoms with Crippen LogP contribution in [0.5, 0.6) is 0 Å². The van der Waals surface area contributed by atoms with Gasteiger partial charge in [0.1, 0.15) is 11.3 Å². The lowest BCUT2D eigenvalue weighted by atomic mass is 10.0. The molecule has 150 valence electrons. The van der Waals surface area contributed by atoms with Gasteiger partial charge >= 0.3 is 5.97 Å². The van der Waals surface area contributed by atoms with Gasteiger partial charge < -0.3 is 14.0 Å². The summed E-state index contributed by atoms with van der Waals surface area (Å²) < 4.78 is 22.0. The minimum Gasteiger partial charge on any atom is -0.616 e. The highest BCUT2D eigenvalue weighted by atomic mass is 32.2. The Morgan fingerprint density at radius 2 is 1.93 bits per heavy atom. The van der Waals surface area contributed by atoms with E-state index in [1.165, 1.54) is 37.2 Å². The van der Waals surface area contributed by atoms with E-state index in [2.05, 4.69) is 32.0 Å². The number of esters is 1. The average molecular weight is 419 g/mol. The number of methoxy groups -OCH3 is 2. The van der Waals surface area contributed by atoms with Gasteiger partial charge in [0.15, 0.2) is 0 Å². The predicted molar refractivity (Wildman–Crippen MR) is 117 cm³/mol. The number of hydrogen-bond acceptors (Lipinski definition) is 5. The average Bonchev–Trinajstić information content (AvgIpc) is 2.66. The normalized spacial score (nSPS) is 12.6. The van der Waals surface area contributed by atoms with E-state index in [4.69, 9.17) is 9.47 Å². The fourth-order valence-corrected chi connectivity index (χ4v) is 4.89. The van der Waals surface area contributed by atoms with Gasteiger partial charge in [-0.25, -0.2) is 4.79 Å². The lowest BCUT2D eigenvalue weighted by Gasteiger charge is -2.17. The summed E-state index contributed by atoms with van der Waals surface area (Å²) in [5, 5.41) is 0. The van der Waals surface area contributed by atoms with E-state index < -0.39 is 17.1 Å². The van der Waals surface area contributed by atoms with E-state index >= 15 is 0 Å². The molecule has 0 amide bonds. The van der Waals surface area contributed by atoms with Crippen molar-refractivity contribution in [3.05, 3.63) is 70.5 Å². The Bertz CT molecular complexity index is 860. The summed E-state index contributed by atoms with van der Waals surface area (Å²) in [7, 11) is 2.84. The van der Waals surface area contributed by atoms with Crippen LogP contribution < -0.4 is 0 Å². The van der Waals surface area contributed by atoms with Crippen molar-refractivity contribution >= 4 is 34.5 Å². The van der Waals surface area contributed by atoms with Crippen molar-refractivity contribution in [3.8, 4) is 0 Å². The van der Waals surface area contributed by atoms with Crippen LogP contribution in [0.3, 0.4) is 0 Å². The molecule has 0 saturated carbocycles. The largest absolute Gasteiger partial charge is 0.616 e. The highest BCUT2D eigenvalue weighted by molar-refractivity contribution is 7.98. The second kappa shape index (κ2) is 10.6. The molecule has 1 unspecified atom stereocenters. The van der Waals surface area contributed by atoms with Crippen LogP contribution in [0.2, 0.25) is 0 Å². The fraction of sp³-hybridized carbons (Fsp3) is 0.318. The monoisotopic (exact) mass is 418 g/mol. The molecule has 0 heterocycles. The molecule has 0 fully saturated rings. The number of carbonyl (C=O) groups excluding carboxylic acids is 1. The van der Waals surface area contributed by atoms with Gasteiger partial charge in [-0.05, 0) is 25.0 Å². The van der Waals surface area contributed by atoms with Crippen LogP contribution in [0.1, 0.15) is 27.8 Å². The van der Waals surface area contributed by atoms with Gasteiger partial charge in [0.05, 0.1) is 26.7 Å². The maximum atomic E-state index is 12.3. The molecule has 0 aromatic heterocycles. The smallest absolute Gasteiger partial charge is 0.341 e. The summed E-state index contributed by atoms with van der Waals surface area (Å²) in [4.78, 5) is 13.2. The number of benzene rings is 2. The molecule has 2 aromatic carbocycles. The van der Waals surface area contributed by atoms with Crippen molar-refractivity contribution in [2.24, 2.45) is 0 Å². The molecule has 2 aromatic rings. The number of thioether (sulfide) groups is 1. The van der Waals surface area contributed by atoms with Gasteiger partial charge in [0, 0.05) is 21.8 Å². The Balaban J connectivity index is 2.50. The molecule has 0 aliphatic rings. The van der Waals surface area contributed by atoms with Crippen LogP contribution in [-0.2, 0) is 36.9 Å². The maximum absolute atomic E-state index is 12.3. The first-order valence-electron chi connectivity index (χ1n) is 8.79. The Labute approximate surface area is 174 Å². The summed E-state index contributed by atoms with van der Waals surface area (Å²) in [6.07, 6.45) is 3.08. The summed E-state index contributed by atoms with van der Waals surface area (Å²) in [6.45, 7) is 4.16. The van der Waals surface area contributed by atoms with Gasteiger partial charge in [-0.1, -0.05) is 53.1 Å². The molecule has 0 spiro atoms. The molecule has 0 radical (unpaired) electrons. The van der Waals surface area contributed by atoms with Crippen LogP contribution in [-0.4, -0.2) is 31.0 Å². The third-order valence-corrected chi connectivity index (χ3v) is 6.21. The summed E-state index contributed by atoms with van der Waals surface area (Å²) >= 11 is 0.634. The number of ether oxygens (including phenoxy) is 2. The van der Waals surface area contributed by atoms with Crippen molar-refractivity contribution in [2.75, 3.05) is 20.5 Å². The fourth-order valence-electron chi connectivity index (χ4n) is 2.86. The zero-order valence-corrected chi connectivity index (χ0v) is 18.5. The Kier molecular flexibility index (Phi) is 8.48. The SMILES string of the molecule is CO/C=C(/C(=O)OC)c1cccc(C[S+](C)[O-])c1SCc1cc(C)ccc1C. The van der Waals surface area contributed by atoms with Crippen LogP contribution in [0, 0.1) is 13.8 Å². The lowest BCUT2D eigenvalue weighted by molar-refractivity contribution is -0.133. The van der Waals surface area contributed by atoms with Crippen LogP contribution >= 0.6 is 11.8 Å². The van der Waals surface area contributed by atoms with Crippen LogP contribution in [0.25, 0.3) is 5.57 Å². The number of rotatable bonds is 8. The number of carbonyl (C=O) groups is 1.